The third-order valence-corrected chi connectivity index (χ3v) is 8.36. The fourth-order valence-electron chi connectivity index (χ4n) is 4.99. The molecule has 4 rings (SSSR count). The molecule has 1 saturated carbocycles. The smallest absolute Gasteiger partial charge is 0.219 e. The monoisotopic (exact) mass is 444 g/mol. The number of carbonyl (C=O) groups excluding carboxylic acids is 1. The molecule has 1 atom stereocenters. The first-order valence-corrected chi connectivity index (χ1v) is 12.8. The van der Waals surface area contributed by atoms with Crippen molar-refractivity contribution in [2.75, 3.05) is 5.75 Å². The molecule has 2 aliphatic carbocycles. The second-order valence-corrected chi connectivity index (χ2v) is 11.7. The molecule has 1 aromatic heterocycles. The predicted molar refractivity (Wildman–Crippen MR) is 119 cm³/mol. The van der Waals surface area contributed by atoms with Crippen molar-refractivity contribution in [3.8, 4) is 0 Å². The first kappa shape index (κ1) is 22.3. The van der Waals surface area contributed by atoms with Crippen LogP contribution in [0.4, 0.5) is 0 Å². The molecule has 0 bridgehead atoms. The fourth-order valence-corrected chi connectivity index (χ4v) is 6.21. The van der Waals surface area contributed by atoms with Gasteiger partial charge in [-0.25, -0.2) is 8.42 Å². The summed E-state index contributed by atoms with van der Waals surface area (Å²) in [5.41, 5.74) is 4.03. The molecule has 0 spiro atoms. The summed E-state index contributed by atoms with van der Waals surface area (Å²) in [7, 11) is -3.92. The normalized spacial score (nSPS) is 17.6. The van der Waals surface area contributed by atoms with Crippen molar-refractivity contribution in [1.29, 1.82) is 0 Å². The lowest BCUT2D eigenvalue weighted by molar-refractivity contribution is -0.116. The molecule has 1 fully saturated rings. The molecule has 0 saturated heterocycles. The maximum absolute atomic E-state index is 13.0. The molecular formula is C25H32O5S. The van der Waals surface area contributed by atoms with Crippen LogP contribution in [0, 0.1) is 12.8 Å². The molecule has 168 valence electrons. The van der Waals surface area contributed by atoms with E-state index in [9.17, 15) is 18.3 Å². The number of Topliss-reactive ketones (excluding diaryl/α,β-unsaturated/α-hetero) is 1. The zero-order valence-corrected chi connectivity index (χ0v) is 19.6. The first-order chi connectivity index (χ1) is 14.5. The van der Waals surface area contributed by atoms with Gasteiger partial charge in [-0.15, -0.1) is 0 Å². The molecule has 0 amide bonds. The number of aliphatic hydroxyl groups is 1. The van der Waals surface area contributed by atoms with Crippen LogP contribution in [0.15, 0.2) is 27.7 Å². The summed E-state index contributed by atoms with van der Waals surface area (Å²) in [6.45, 7) is 6.99. The van der Waals surface area contributed by atoms with Crippen LogP contribution in [0.2, 0.25) is 0 Å². The van der Waals surface area contributed by atoms with Crippen LogP contribution in [-0.4, -0.2) is 25.1 Å². The van der Waals surface area contributed by atoms with E-state index in [0.29, 0.717) is 23.2 Å². The highest BCUT2D eigenvalue weighted by Crippen LogP contribution is 2.44. The average Bonchev–Trinajstić information content (AvgIpc) is 3.24. The largest absolute Gasteiger partial charge is 0.450 e. The van der Waals surface area contributed by atoms with Crippen molar-refractivity contribution in [2.24, 2.45) is 5.92 Å². The quantitative estimate of drug-likeness (QED) is 0.652. The van der Waals surface area contributed by atoms with Gasteiger partial charge in [0.2, 0.25) is 14.9 Å². The molecule has 5 nitrogen and oxygen atoms in total. The van der Waals surface area contributed by atoms with Crippen LogP contribution in [0.5, 0.6) is 0 Å². The van der Waals surface area contributed by atoms with E-state index in [-0.39, 0.29) is 17.3 Å². The van der Waals surface area contributed by atoms with Crippen LogP contribution in [0.1, 0.15) is 79.5 Å². The number of rotatable bonds is 8. The second kappa shape index (κ2) is 7.89. The number of hydrogen-bond donors (Lipinski definition) is 1. The number of carbonyl (C=O) groups is 1. The summed E-state index contributed by atoms with van der Waals surface area (Å²) >= 11 is 0. The van der Waals surface area contributed by atoms with Gasteiger partial charge in [-0.05, 0) is 87.0 Å². The van der Waals surface area contributed by atoms with E-state index in [1.807, 2.05) is 0 Å². The molecule has 1 aromatic carbocycles. The van der Waals surface area contributed by atoms with Gasteiger partial charge >= 0.3 is 0 Å². The minimum Gasteiger partial charge on any atom is -0.450 e. The molecule has 2 aromatic rings. The third-order valence-electron chi connectivity index (χ3n) is 6.84. The highest BCUT2D eigenvalue weighted by Gasteiger charge is 2.33. The minimum absolute atomic E-state index is 0.146. The van der Waals surface area contributed by atoms with Gasteiger partial charge in [0.15, 0.2) is 5.78 Å². The topological polar surface area (TPSA) is 84.6 Å². The van der Waals surface area contributed by atoms with Gasteiger partial charge in [-0.3, -0.25) is 4.79 Å². The molecule has 6 heteroatoms. The lowest BCUT2D eigenvalue weighted by Crippen LogP contribution is -2.20. The summed E-state index contributed by atoms with van der Waals surface area (Å²) in [4.78, 5) is 13.0. The van der Waals surface area contributed by atoms with Crippen molar-refractivity contribution >= 4 is 15.6 Å². The molecule has 0 unspecified atom stereocenters. The Morgan fingerprint density at radius 2 is 1.97 bits per heavy atom. The van der Waals surface area contributed by atoms with E-state index >= 15 is 0 Å². The molecular weight excluding hydrogens is 412 g/mol. The van der Waals surface area contributed by atoms with E-state index in [2.05, 4.69) is 19.1 Å². The number of furan rings is 1. The third kappa shape index (κ3) is 4.51. The van der Waals surface area contributed by atoms with Gasteiger partial charge in [-0.1, -0.05) is 19.1 Å². The van der Waals surface area contributed by atoms with Gasteiger partial charge in [-0.2, -0.15) is 0 Å². The Morgan fingerprint density at radius 1 is 1.26 bits per heavy atom. The molecule has 2 aliphatic rings. The number of sulfone groups is 1. The van der Waals surface area contributed by atoms with Crippen LogP contribution >= 0.6 is 0 Å². The lowest BCUT2D eigenvalue weighted by Gasteiger charge is -2.19. The van der Waals surface area contributed by atoms with Crippen LogP contribution in [0.3, 0.4) is 0 Å². The molecule has 0 aliphatic heterocycles. The summed E-state index contributed by atoms with van der Waals surface area (Å²) in [6.07, 6.45) is 5.66. The van der Waals surface area contributed by atoms with Gasteiger partial charge in [0, 0.05) is 18.1 Å². The van der Waals surface area contributed by atoms with Crippen molar-refractivity contribution < 1.29 is 22.7 Å². The van der Waals surface area contributed by atoms with E-state index < -0.39 is 21.2 Å². The molecule has 1 N–H and O–H groups in total. The average molecular weight is 445 g/mol. The first-order valence-electron chi connectivity index (χ1n) is 11.2. The van der Waals surface area contributed by atoms with Gasteiger partial charge in [0.25, 0.3) is 0 Å². The zero-order chi connectivity index (χ0) is 22.6. The maximum Gasteiger partial charge on any atom is 0.219 e. The Kier molecular flexibility index (Phi) is 5.67. The number of hydrogen-bond acceptors (Lipinski definition) is 5. The van der Waals surface area contributed by atoms with Crippen molar-refractivity contribution in [1.82, 2.24) is 0 Å². The van der Waals surface area contributed by atoms with E-state index in [0.717, 1.165) is 24.8 Å². The molecule has 31 heavy (non-hydrogen) atoms. The van der Waals surface area contributed by atoms with Crippen LogP contribution in [0.25, 0.3) is 0 Å². The van der Waals surface area contributed by atoms with Crippen molar-refractivity contribution in [2.45, 2.75) is 82.8 Å². The highest BCUT2D eigenvalue weighted by molar-refractivity contribution is 7.92. The SMILES string of the molecule is Cc1oc(S(=O)(=O)CC(=O)Cc2c([C@@H](C)C3CC3)ccc3c2CCC3)cc1C(C)(C)O. The Balaban J connectivity index is 1.59. The number of fused-ring (bicyclic) bond motifs is 1. The van der Waals surface area contributed by atoms with Crippen LogP contribution in [-0.2, 0) is 39.5 Å². The molecule has 0 radical (unpaired) electrons. The van der Waals surface area contributed by atoms with Gasteiger partial charge < -0.3 is 9.52 Å². The fraction of sp³-hybridized carbons (Fsp3) is 0.560. The Bertz CT molecular complexity index is 1110. The van der Waals surface area contributed by atoms with Gasteiger partial charge in [0.1, 0.15) is 11.5 Å². The predicted octanol–water partition coefficient (Wildman–Crippen LogP) is 4.40. The number of ketones is 1. The number of aryl methyl sites for hydroxylation is 2. The summed E-state index contributed by atoms with van der Waals surface area (Å²) in [6, 6.07) is 5.71. The summed E-state index contributed by atoms with van der Waals surface area (Å²) in [5.74, 6) is 0.505. The highest BCUT2D eigenvalue weighted by atomic mass is 32.2. The van der Waals surface area contributed by atoms with Gasteiger partial charge in [0.05, 0.1) is 5.60 Å². The summed E-state index contributed by atoms with van der Waals surface area (Å²) < 4.78 is 31.2. The maximum atomic E-state index is 13.0. The Morgan fingerprint density at radius 3 is 2.58 bits per heavy atom. The zero-order valence-electron chi connectivity index (χ0n) is 18.8. The second-order valence-electron chi connectivity index (χ2n) is 9.82. The van der Waals surface area contributed by atoms with E-state index in [4.69, 9.17) is 4.42 Å². The Labute approximate surface area is 184 Å². The van der Waals surface area contributed by atoms with E-state index in [1.54, 1.807) is 20.8 Å². The standard InChI is InChI=1S/C25H32O5S/c1-15(17-8-9-17)20-11-10-18-6-5-7-21(18)22(20)12-19(26)14-31(28,29)24-13-23(16(2)30-24)25(3,4)27/h10-11,13,15,17,27H,5-9,12,14H2,1-4H3/t15-/m0/s1. The molecule has 1 heterocycles. The van der Waals surface area contributed by atoms with Crippen LogP contribution < -0.4 is 0 Å². The van der Waals surface area contributed by atoms with E-state index in [1.165, 1.54) is 35.6 Å². The Hall–Kier alpha value is -1.92. The number of benzene rings is 1. The summed E-state index contributed by atoms with van der Waals surface area (Å²) in [5, 5.41) is 9.98. The van der Waals surface area contributed by atoms with Crippen molar-refractivity contribution in [3.63, 3.8) is 0 Å². The lowest BCUT2D eigenvalue weighted by atomic mass is 9.86. The minimum atomic E-state index is -3.92. The van der Waals surface area contributed by atoms with Crippen molar-refractivity contribution in [3.05, 3.63) is 51.8 Å².